The van der Waals surface area contributed by atoms with E-state index in [0.29, 0.717) is 17.8 Å². The van der Waals surface area contributed by atoms with Crippen molar-refractivity contribution in [3.8, 4) is 0 Å². The molecule has 0 radical (unpaired) electrons. The number of hydrogen-bond acceptors (Lipinski definition) is 3. The molecule has 2 N–H and O–H groups in total. The molecule has 0 heterocycles. The Hall–Kier alpha value is -1.62. The van der Waals surface area contributed by atoms with Crippen molar-refractivity contribution in [1.82, 2.24) is 5.32 Å². The van der Waals surface area contributed by atoms with Gasteiger partial charge in [-0.1, -0.05) is 12.1 Å². The molecule has 5 heteroatoms. The monoisotopic (exact) mass is 240 g/mol. The van der Waals surface area contributed by atoms with Crippen molar-refractivity contribution < 1.29 is 14.3 Å². The first-order chi connectivity index (χ1) is 8.13. The molecule has 0 spiro atoms. The van der Waals surface area contributed by atoms with Crippen LogP contribution in [0.1, 0.15) is 12.5 Å². The number of rotatable bonds is 5. The molecule has 0 atom stereocenters. The molecule has 1 aromatic carbocycles. The molecule has 0 aromatic heterocycles. The van der Waals surface area contributed by atoms with Crippen LogP contribution in [0.25, 0.3) is 0 Å². The van der Waals surface area contributed by atoms with Crippen LogP contribution >= 0.6 is 0 Å². The molecule has 0 saturated heterocycles. The van der Waals surface area contributed by atoms with Crippen molar-refractivity contribution in [3.63, 3.8) is 0 Å². The Balaban J connectivity index is 3.06. The quantitative estimate of drug-likeness (QED) is 0.803. The molecule has 0 aliphatic heterocycles. The summed E-state index contributed by atoms with van der Waals surface area (Å²) in [6.07, 6.45) is 0. The van der Waals surface area contributed by atoms with E-state index in [1.165, 1.54) is 19.2 Å². The number of para-hydroxylation sites is 1. The summed E-state index contributed by atoms with van der Waals surface area (Å²) in [4.78, 5) is 12.9. The van der Waals surface area contributed by atoms with Gasteiger partial charge in [0.1, 0.15) is 5.82 Å². The average molecular weight is 240 g/mol. The highest BCUT2D eigenvalue weighted by atomic mass is 19.1. The van der Waals surface area contributed by atoms with Gasteiger partial charge in [0.2, 0.25) is 5.91 Å². The maximum atomic E-state index is 13.7. The number of aliphatic hydroxyl groups is 1. The van der Waals surface area contributed by atoms with E-state index in [0.717, 1.165) is 0 Å². The number of benzene rings is 1. The van der Waals surface area contributed by atoms with Gasteiger partial charge in [0.05, 0.1) is 18.8 Å². The lowest BCUT2D eigenvalue weighted by Crippen LogP contribution is -2.36. The van der Waals surface area contributed by atoms with Crippen LogP contribution < -0.4 is 10.2 Å². The standard InChI is InChI=1S/C12H17FN2O2/c1-3-15(7-11(17)14-2)12-9(8-16)5-4-6-10(12)13/h4-6,16H,3,7-8H2,1-2H3,(H,14,17). The number of likely N-dealkylation sites (N-methyl/N-ethyl adjacent to an activating group) is 2. The van der Waals surface area contributed by atoms with E-state index in [2.05, 4.69) is 5.32 Å². The predicted molar refractivity (Wildman–Crippen MR) is 64.3 cm³/mol. The maximum Gasteiger partial charge on any atom is 0.239 e. The van der Waals surface area contributed by atoms with Crippen LogP contribution in [-0.2, 0) is 11.4 Å². The first-order valence-electron chi connectivity index (χ1n) is 5.47. The highest BCUT2D eigenvalue weighted by Crippen LogP contribution is 2.24. The first-order valence-corrected chi connectivity index (χ1v) is 5.47. The van der Waals surface area contributed by atoms with Crippen molar-refractivity contribution >= 4 is 11.6 Å². The summed E-state index contributed by atoms with van der Waals surface area (Å²) in [6, 6.07) is 4.50. The van der Waals surface area contributed by atoms with E-state index < -0.39 is 5.82 Å². The predicted octanol–water partition coefficient (Wildman–Crippen LogP) is 0.890. The number of nitrogens with one attached hydrogen (secondary N) is 1. The van der Waals surface area contributed by atoms with E-state index in [1.807, 2.05) is 6.92 Å². The Morgan fingerprint density at radius 1 is 1.53 bits per heavy atom. The molecule has 0 unspecified atom stereocenters. The van der Waals surface area contributed by atoms with Crippen molar-refractivity contribution in [2.45, 2.75) is 13.5 Å². The third-order valence-electron chi connectivity index (χ3n) is 2.55. The third kappa shape index (κ3) is 3.17. The maximum absolute atomic E-state index is 13.7. The van der Waals surface area contributed by atoms with Gasteiger partial charge < -0.3 is 15.3 Å². The fourth-order valence-corrected chi connectivity index (χ4v) is 1.64. The molecular formula is C12H17FN2O2. The highest BCUT2D eigenvalue weighted by molar-refractivity contribution is 5.81. The first kappa shape index (κ1) is 13.4. The normalized spacial score (nSPS) is 10.1. The Morgan fingerprint density at radius 2 is 2.24 bits per heavy atom. The van der Waals surface area contributed by atoms with E-state index in [1.54, 1.807) is 11.0 Å². The van der Waals surface area contributed by atoms with Gasteiger partial charge in [-0.25, -0.2) is 4.39 Å². The van der Waals surface area contributed by atoms with Crippen LogP contribution in [0, 0.1) is 5.82 Å². The van der Waals surface area contributed by atoms with Crippen molar-refractivity contribution in [3.05, 3.63) is 29.6 Å². The second-order valence-electron chi connectivity index (χ2n) is 3.59. The number of nitrogens with zero attached hydrogens (tertiary/aromatic N) is 1. The smallest absolute Gasteiger partial charge is 0.239 e. The minimum absolute atomic E-state index is 0.0704. The van der Waals surface area contributed by atoms with E-state index in [9.17, 15) is 14.3 Å². The summed E-state index contributed by atoms with van der Waals surface area (Å²) in [5.41, 5.74) is 0.775. The largest absolute Gasteiger partial charge is 0.392 e. The molecule has 94 valence electrons. The molecule has 4 nitrogen and oxygen atoms in total. The molecule has 0 saturated carbocycles. The minimum atomic E-state index is -0.428. The van der Waals surface area contributed by atoms with E-state index in [-0.39, 0.29) is 19.1 Å². The average Bonchev–Trinajstić information content (AvgIpc) is 2.35. The lowest BCUT2D eigenvalue weighted by atomic mass is 10.1. The number of carbonyl (C=O) groups is 1. The van der Waals surface area contributed by atoms with Gasteiger partial charge in [-0.3, -0.25) is 4.79 Å². The van der Waals surface area contributed by atoms with Gasteiger partial charge in [0.25, 0.3) is 0 Å². The van der Waals surface area contributed by atoms with Gasteiger partial charge in [-0.05, 0) is 13.0 Å². The van der Waals surface area contributed by atoms with Crippen LogP contribution in [0.3, 0.4) is 0 Å². The van der Waals surface area contributed by atoms with Gasteiger partial charge in [0.15, 0.2) is 0 Å². The van der Waals surface area contributed by atoms with Gasteiger partial charge in [-0.15, -0.1) is 0 Å². The number of anilines is 1. The van der Waals surface area contributed by atoms with Gasteiger partial charge in [0, 0.05) is 19.2 Å². The molecule has 0 fully saturated rings. The van der Waals surface area contributed by atoms with Crippen LogP contribution in [0.5, 0.6) is 0 Å². The zero-order valence-corrected chi connectivity index (χ0v) is 10.0. The van der Waals surface area contributed by atoms with Gasteiger partial charge in [-0.2, -0.15) is 0 Å². The van der Waals surface area contributed by atoms with E-state index >= 15 is 0 Å². The topological polar surface area (TPSA) is 52.6 Å². The van der Waals surface area contributed by atoms with Crippen LogP contribution in [0.15, 0.2) is 18.2 Å². The number of aliphatic hydroxyl groups excluding tert-OH is 1. The summed E-state index contributed by atoms with van der Waals surface area (Å²) in [7, 11) is 1.53. The lowest BCUT2D eigenvalue weighted by molar-refractivity contribution is -0.119. The zero-order valence-electron chi connectivity index (χ0n) is 10.0. The molecule has 0 bridgehead atoms. The number of amides is 1. The fourth-order valence-electron chi connectivity index (χ4n) is 1.64. The molecule has 17 heavy (non-hydrogen) atoms. The molecule has 0 aliphatic rings. The SMILES string of the molecule is CCN(CC(=O)NC)c1c(F)cccc1CO. The second kappa shape index (κ2) is 6.20. The van der Waals surface area contributed by atoms with Crippen LogP contribution in [0.4, 0.5) is 10.1 Å². The lowest BCUT2D eigenvalue weighted by Gasteiger charge is -2.24. The summed E-state index contributed by atoms with van der Waals surface area (Å²) < 4.78 is 13.7. The molecule has 0 aliphatic carbocycles. The molecular weight excluding hydrogens is 223 g/mol. The number of carbonyl (C=O) groups excluding carboxylic acids is 1. The minimum Gasteiger partial charge on any atom is -0.392 e. The Kier molecular flexibility index (Phi) is 4.90. The highest BCUT2D eigenvalue weighted by Gasteiger charge is 2.16. The van der Waals surface area contributed by atoms with Crippen molar-refractivity contribution in [1.29, 1.82) is 0 Å². The molecule has 1 rings (SSSR count). The van der Waals surface area contributed by atoms with E-state index in [4.69, 9.17) is 0 Å². The number of halogens is 1. The fraction of sp³-hybridized carbons (Fsp3) is 0.417. The number of hydrogen-bond donors (Lipinski definition) is 2. The van der Waals surface area contributed by atoms with Crippen molar-refractivity contribution in [2.24, 2.45) is 0 Å². The second-order valence-corrected chi connectivity index (χ2v) is 3.59. The molecule has 1 amide bonds. The zero-order chi connectivity index (χ0) is 12.8. The summed E-state index contributed by atoms with van der Waals surface area (Å²) in [5.74, 6) is -0.624. The molecule has 1 aromatic rings. The Labute approximate surface area is 100 Å². The van der Waals surface area contributed by atoms with Gasteiger partial charge >= 0.3 is 0 Å². The Morgan fingerprint density at radius 3 is 2.76 bits per heavy atom. The summed E-state index contributed by atoms with van der Waals surface area (Å²) in [5, 5.41) is 11.7. The van der Waals surface area contributed by atoms with Crippen LogP contribution in [0.2, 0.25) is 0 Å². The Bertz CT molecular complexity index is 396. The third-order valence-corrected chi connectivity index (χ3v) is 2.55. The van der Waals surface area contributed by atoms with Crippen LogP contribution in [-0.4, -0.2) is 31.2 Å². The van der Waals surface area contributed by atoms with Crippen molar-refractivity contribution in [2.75, 3.05) is 25.0 Å². The summed E-state index contributed by atoms with van der Waals surface area (Å²) >= 11 is 0. The summed E-state index contributed by atoms with van der Waals surface area (Å²) in [6.45, 7) is 2.14.